The minimum Gasteiger partial charge on any atom is -0.300 e. The van der Waals surface area contributed by atoms with Crippen molar-refractivity contribution in [3.8, 4) is 0 Å². The van der Waals surface area contributed by atoms with Crippen molar-refractivity contribution < 1.29 is 22.4 Å². The van der Waals surface area contributed by atoms with Gasteiger partial charge in [-0.15, -0.1) is 0 Å². The summed E-state index contributed by atoms with van der Waals surface area (Å²) in [7, 11) is 0. The molecule has 100 valence electrons. The Bertz CT molecular complexity index is 423. The zero-order valence-electron chi connectivity index (χ0n) is 10.4. The molecule has 0 unspecified atom stereocenters. The summed E-state index contributed by atoms with van der Waals surface area (Å²) in [5.41, 5.74) is -0.825. The number of carbonyl (C=O) groups is 1. The summed E-state index contributed by atoms with van der Waals surface area (Å²) in [4.78, 5) is 11.0. The molecule has 0 saturated heterocycles. The molecule has 0 N–H and O–H groups in total. The van der Waals surface area contributed by atoms with Crippen LogP contribution in [0.2, 0.25) is 0 Å². The van der Waals surface area contributed by atoms with Crippen LogP contribution in [0.1, 0.15) is 37.5 Å². The monoisotopic (exact) mass is 262 g/mol. The maximum Gasteiger partial charge on any atom is 0.270 e. The minimum absolute atomic E-state index is 0.132. The molecule has 0 radical (unpaired) electrons. The Morgan fingerprint density at radius 1 is 1.00 bits per heavy atom. The SMILES string of the molecule is CC(=O)Cc1cc(C(C)(F)F)cc(C(C)(F)F)c1. The van der Waals surface area contributed by atoms with Crippen molar-refractivity contribution in [3.63, 3.8) is 0 Å². The Morgan fingerprint density at radius 3 is 1.67 bits per heavy atom. The topological polar surface area (TPSA) is 17.1 Å². The summed E-state index contributed by atoms with van der Waals surface area (Å²) in [6, 6.07) is 2.97. The fourth-order valence-corrected chi connectivity index (χ4v) is 1.59. The molecule has 1 aromatic carbocycles. The van der Waals surface area contributed by atoms with Crippen molar-refractivity contribution in [1.29, 1.82) is 0 Å². The highest BCUT2D eigenvalue weighted by Crippen LogP contribution is 2.34. The number of ketones is 1. The lowest BCUT2D eigenvalue weighted by Crippen LogP contribution is -2.14. The van der Waals surface area contributed by atoms with Gasteiger partial charge in [0.1, 0.15) is 5.78 Å². The van der Waals surface area contributed by atoms with Gasteiger partial charge in [0, 0.05) is 31.4 Å². The lowest BCUT2D eigenvalue weighted by Gasteiger charge is -2.17. The predicted molar refractivity (Wildman–Crippen MR) is 60.0 cm³/mol. The molecular weight excluding hydrogens is 248 g/mol. The van der Waals surface area contributed by atoms with Crippen molar-refractivity contribution in [2.24, 2.45) is 0 Å². The van der Waals surface area contributed by atoms with Gasteiger partial charge in [-0.25, -0.2) is 17.6 Å². The molecule has 0 atom stereocenters. The molecule has 0 bridgehead atoms. The first-order valence-electron chi connectivity index (χ1n) is 5.40. The second kappa shape index (κ2) is 4.71. The summed E-state index contributed by atoms with van der Waals surface area (Å²) < 4.78 is 52.8. The molecule has 1 rings (SSSR count). The number of hydrogen-bond acceptors (Lipinski definition) is 1. The molecule has 0 aliphatic rings. The number of hydrogen-bond donors (Lipinski definition) is 0. The molecule has 5 heteroatoms. The highest BCUT2D eigenvalue weighted by molar-refractivity contribution is 5.78. The van der Waals surface area contributed by atoms with Crippen LogP contribution in [0.3, 0.4) is 0 Å². The quantitative estimate of drug-likeness (QED) is 0.748. The number of alkyl halides is 4. The summed E-state index contributed by atoms with van der Waals surface area (Å²) >= 11 is 0. The molecule has 0 aromatic heterocycles. The van der Waals surface area contributed by atoms with E-state index in [1.165, 1.54) is 6.92 Å². The average Bonchev–Trinajstić information content (AvgIpc) is 2.13. The second-order valence-corrected chi connectivity index (χ2v) is 4.57. The Hall–Kier alpha value is -1.39. The van der Waals surface area contributed by atoms with E-state index in [4.69, 9.17) is 0 Å². The van der Waals surface area contributed by atoms with Crippen molar-refractivity contribution >= 4 is 5.78 Å². The first-order valence-corrected chi connectivity index (χ1v) is 5.40. The summed E-state index contributed by atoms with van der Waals surface area (Å²) in [5, 5.41) is 0. The van der Waals surface area contributed by atoms with Gasteiger partial charge in [0.25, 0.3) is 11.8 Å². The van der Waals surface area contributed by atoms with Gasteiger partial charge < -0.3 is 0 Å². The van der Waals surface area contributed by atoms with Gasteiger partial charge in [-0.05, 0) is 30.7 Å². The van der Waals surface area contributed by atoms with Crippen LogP contribution in [-0.4, -0.2) is 5.78 Å². The predicted octanol–water partition coefficient (Wildman–Crippen LogP) is 4.04. The fourth-order valence-electron chi connectivity index (χ4n) is 1.59. The van der Waals surface area contributed by atoms with Gasteiger partial charge in [0.05, 0.1) is 0 Å². The van der Waals surface area contributed by atoms with Gasteiger partial charge in [-0.3, -0.25) is 4.79 Å². The van der Waals surface area contributed by atoms with Crippen LogP contribution in [0, 0.1) is 0 Å². The lowest BCUT2D eigenvalue weighted by atomic mass is 9.97. The number of Topliss-reactive ketones (excluding diaryl/α,β-unsaturated/α-hetero) is 1. The Labute approximate surface area is 103 Å². The van der Waals surface area contributed by atoms with Gasteiger partial charge in [-0.2, -0.15) is 0 Å². The van der Waals surface area contributed by atoms with E-state index < -0.39 is 23.0 Å². The number of rotatable bonds is 4. The van der Waals surface area contributed by atoms with Crippen LogP contribution in [0.4, 0.5) is 17.6 Å². The van der Waals surface area contributed by atoms with Crippen LogP contribution in [0.25, 0.3) is 0 Å². The van der Waals surface area contributed by atoms with E-state index in [0.717, 1.165) is 18.2 Å². The molecule has 0 aliphatic carbocycles. The molecule has 0 fully saturated rings. The summed E-state index contributed by atoms with van der Waals surface area (Å²) in [6.07, 6.45) is -0.132. The molecule has 18 heavy (non-hydrogen) atoms. The Balaban J connectivity index is 3.34. The minimum atomic E-state index is -3.22. The van der Waals surface area contributed by atoms with Gasteiger partial charge in [-0.1, -0.05) is 0 Å². The fraction of sp³-hybridized carbons (Fsp3) is 0.462. The van der Waals surface area contributed by atoms with Crippen molar-refractivity contribution in [1.82, 2.24) is 0 Å². The van der Waals surface area contributed by atoms with Crippen LogP contribution >= 0.6 is 0 Å². The van der Waals surface area contributed by atoms with E-state index in [2.05, 4.69) is 0 Å². The van der Waals surface area contributed by atoms with Crippen molar-refractivity contribution in [2.75, 3.05) is 0 Å². The number of halogens is 4. The molecule has 1 aromatic rings. The van der Waals surface area contributed by atoms with Crippen molar-refractivity contribution in [2.45, 2.75) is 39.0 Å². The highest BCUT2D eigenvalue weighted by Gasteiger charge is 2.30. The third-order valence-electron chi connectivity index (χ3n) is 2.46. The van der Waals surface area contributed by atoms with Crippen molar-refractivity contribution in [3.05, 3.63) is 34.9 Å². The standard InChI is InChI=1S/C13H14F4O/c1-8(18)4-9-5-10(12(2,14)15)7-11(6-9)13(3,16)17/h5-7H,4H2,1-3H3. The maximum absolute atomic E-state index is 13.2. The maximum atomic E-state index is 13.2. The first kappa shape index (κ1) is 14.7. The van der Waals surface area contributed by atoms with Gasteiger partial charge in [0.15, 0.2) is 0 Å². The highest BCUT2D eigenvalue weighted by atomic mass is 19.3. The molecule has 0 spiro atoms. The number of carbonyl (C=O) groups excluding carboxylic acids is 1. The molecule has 1 nitrogen and oxygen atoms in total. The number of benzene rings is 1. The summed E-state index contributed by atoms with van der Waals surface area (Å²) in [6.45, 7) is 2.55. The second-order valence-electron chi connectivity index (χ2n) is 4.57. The van der Waals surface area contributed by atoms with E-state index in [1.807, 2.05) is 0 Å². The van der Waals surface area contributed by atoms with E-state index in [-0.39, 0.29) is 17.8 Å². The Kier molecular flexibility index (Phi) is 3.84. The first-order chi connectivity index (χ1) is 8.00. The third kappa shape index (κ3) is 3.82. The Morgan fingerprint density at radius 2 is 1.39 bits per heavy atom. The average molecular weight is 262 g/mol. The van der Waals surface area contributed by atoms with Crippen LogP contribution < -0.4 is 0 Å². The molecular formula is C13H14F4O. The zero-order chi connectivity index (χ0) is 14.1. The van der Waals surface area contributed by atoms with E-state index in [9.17, 15) is 22.4 Å². The normalized spacial score (nSPS) is 12.6. The van der Waals surface area contributed by atoms with Crippen LogP contribution in [0.5, 0.6) is 0 Å². The zero-order valence-corrected chi connectivity index (χ0v) is 10.4. The molecule has 0 saturated carbocycles. The summed E-state index contributed by atoms with van der Waals surface area (Å²) in [5.74, 6) is -6.70. The lowest BCUT2D eigenvalue weighted by molar-refractivity contribution is -0.116. The van der Waals surface area contributed by atoms with Crippen LogP contribution in [-0.2, 0) is 23.1 Å². The smallest absolute Gasteiger partial charge is 0.270 e. The van der Waals surface area contributed by atoms with E-state index in [1.54, 1.807) is 0 Å². The third-order valence-corrected chi connectivity index (χ3v) is 2.46. The molecule has 0 amide bonds. The van der Waals surface area contributed by atoms with Gasteiger partial charge >= 0.3 is 0 Å². The van der Waals surface area contributed by atoms with Crippen LogP contribution in [0.15, 0.2) is 18.2 Å². The molecule has 0 aliphatic heterocycles. The van der Waals surface area contributed by atoms with E-state index in [0.29, 0.717) is 13.8 Å². The molecule has 0 heterocycles. The van der Waals surface area contributed by atoms with E-state index >= 15 is 0 Å². The van der Waals surface area contributed by atoms with Gasteiger partial charge in [0.2, 0.25) is 0 Å². The largest absolute Gasteiger partial charge is 0.300 e.